The van der Waals surface area contributed by atoms with Crippen molar-refractivity contribution < 1.29 is 19.1 Å². The molecular formula is C20H31N3O4. The molecule has 150 valence electrons. The molecule has 1 aromatic rings. The van der Waals surface area contributed by atoms with E-state index in [0.29, 0.717) is 12.8 Å². The van der Waals surface area contributed by atoms with Crippen LogP contribution in [0.5, 0.6) is 0 Å². The van der Waals surface area contributed by atoms with Crippen LogP contribution in [0.1, 0.15) is 46.1 Å². The topological polar surface area (TPSA) is 111 Å². The summed E-state index contributed by atoms with van der Waals surface area (Å²) in [5, 5.41) is 5.24. The van der Waals surface area contributed by atoms with Crippen molar-refractivity contribution in [1.82, 2.24) is 10.6 Å². The van der Waals surface area contributed by atoms with E-state index in [0.717, 1.165) is 5.56 Å². The zero-order valence-electron chi connectivity index (χ0n) is 16.5. The normalized spacial score (nSPS) is 13.1. The van der Waals surface area contributed by atoms with E-state index >= 15 is 0 Å². The van der Waals surface area contributed by atoms with E-state index in [1.807, 2.05) is 58.0 Å². The molecule has 7 heteroatoms. The first kappa shape index (κ1) is 22.5. The van der Waals surface area contributed by atoms with Crippen LogP contribution in [0.25, 0.3) is 0 Å². The molecule has 0 spiro atoms. The Bertz CT molecular complexity index is 617. The van der Waals surface area contributed by atoms with Gasteiger partial charge in [-0.05, 0) is 30.2 Å². The lowest BCUT2D eigenvalue weighted by molar-refractivity contribution is -0.129. The van der Waals surface area contributed by atoms with Gasteiger partial charge in [0.2, 0.25) is 11.8 Å². The Balaban J connectivity index is 2.68. The highest BCUT2D eigenvalue weighted by molar-refractivity contribution is 5.90. The molecule has 0 aliphatic heterocycles. The van der Waals surface area contributed by atoms with Crippen molar-refractivity contribution in [1.29, 1.82) is 0 Å². The summed E-state index contributed by atoms with van der Waals surface area (Å²) >= 11 is 0. The number of nitrogens with one attached hydrogen (secondary N) is 2. The van der Waals surface area contributed by atoms with Gasteiger partial charge in [-0.1, -0.05) is 58.0 Å². The number of rotatable bonds is 10. The molecule has 4 N–H and O–H groups in total. The Labute approximate surface area is 161 Å². The highest BCUT2D eigenvalue weighted by Crippen LogP contribution is 2.09. The summed E-state index contributed by atoms with van der Waals surface area (Å²) in [5.41, 5.74) is 6.23. The monoisotopic (exact) mass is 377 g/mol. The average Bonchev–Trinajstić information content (AvgIpc) is 2.58. The second-order valence-electron chi connectivity index (χ2n) is 7.48. The second-order valence-corrected chi connectivity index (χ2v) is 7.48. The van der Waals surface area contributed by atoms with Crippen LogP contribution in [0.3, 0.4) is 0 Å². The third kappa shape index (κ3) is 9.08. The first-order valence-corrected chi connectivity index (χ1v) is 9.26. The summed E-state index contributed by atoms with van der Waals surface area (Å²) in [6.07, 6.45) is 0.173. The number of carbonyl (C=O) groups excluding carboxylic acids is 3. The van der Waals surface area contributed by atoms with E-state index in [1.165, 1.54) is 0 Å². The molecule has 27 heavy (non-hydrogen) atoms. The fourth-order valence-electron chi connectivity index (χ4n) is 2.60. The maximum absolute atomic E-state index is 12.6. The molecule has 0 fully saturated rings. The van der Waals surface area contributed by atoms with Crippen molar-refractivity contribution in [3.05, 3.63) is 35.9 Å². The van der Waals surface area contributed by atoms with Gasteiger partial charge in [-0.3, -0.25) is 9.59 Å². The van der Waals surface area contributed by atoms with Crippen LogP contribution >= 0.6 is 0 Å². The smallest absolute Gasteiger partial charge is 0.408 e. The van der Waals surface area contributed by atoms with Gasteiger partial charge in [-0.25, -0.2) is 4.79 Å². The number of primary amides is 1. The maximum atomic E-state index is 12.6. The van der Waals surface area contributed by atoms with E-state index in [4.69, 9.17) is 10.5 Å². The van der Waals surface area contributed by atoms with E-state index in [1.54, 1.807) is 0 Å². The molecule has 7 nitrogen and oxygen atoms in total. The Morgan fingerprint density at radius 3 is 2.00 bits per heavy atom. The van der Waals surface area contributed by atoms with Gasteiger partial charge in [-0.2, -0.15) is 0 Å². The quantitative estimate of drug-likeness (QED) is 0.581. The van der Waals surface area contributed by atoms with Crippen LogP contribution < -0.4 is 16.4 Å². The summed E-state index contributed by atoms with van der Waals surface area (Å²) in [7, 11) is 0. The van der Waals surface area contributed by atoms with Gasteiger partial charge in [0, 0.05) is 0 Å². The number of hydrogen-bond acceptors (Lipinski definition) is 4. The SMILES string of the molecule is CC(C)C[C@H](NC(=O)OCc1ccccc1)C(=O)N[C@H](CC(C)C)C(N)=O. The Kier molecular flexibility index (Phi) is 9.33. The average molecular weight is 377 g/mol. The molecule has 0 radical (unpaired) electrons. The number of carbonyl (C=O) groups is 3. The molecule has 0 bridgehead atoms. The lowest BCUT2D eigenvalue weighted by Gasteiger charge is -2.23. The summed E-state index contributed by atoms with van der Waals surface area (Å²) in [4.78, 5) is 36.3. The van der Waals surface area contributed by atoms with E-state index < -0.39 is 30.0 Å². The summed E-state index contributed by atoms with van der Waals surface area (Å²) in [6, 6.07) is 7.69. The number of alkyl carbamates (subject to hydrolysis) is 1. The number of ether oxygens (including phenoxy) is 1. The Hall–Kier alpha value is -2.57. The lowest BCUT2D eigenvalue weighted by atomic mass is 10.0. The number of benzene rings is 1. The van der Waals surface area contributed by atoms with E-state index in [-0.39, 0.29) is 18.4 Å². The zero-order chi connectivity index (χ0) is 20.4. The Morgan fingerprint density at radius 1 is 0.926 bits per heavy atom. The van der Waals surface area contributed by atoms with Crippen molar-refractivity contribution >= 4 is 17.9 Å². The highest BCUT2D eigenvalue weighted by Gasteiger charge is 2.27. The summed E-state index contributed by atoms with van der Waals surface area (Å²) in [5.74, 6) is -0.681. The molecular weight excluding hydrogens is 346 g/mol. The lowest BCUT2D eigenvalue weighted by Crippen LogP contribution is -2.53. The fourth-order valence-corrected chi connectivity index (χ4v) is 2.60. The predicted molar refractivity (Wildman–Crippen MR) is 104 cm³/mol. The van der Waals surface area contributed by atoms with Crippen molar-refractivity contribution in [2.45, 2.75) is 59.2 Å². The zero-order valence-corrected chi connectivity index (χ0v) is 16.5. The van der Waals surface area contributed by atoms with Crippen molar-refractivity contribution in [3.8, 4) is 0 Å². The van der Waals surface area contributed by atoms with Crippen molar-refractivity contribution in [2.75, 3.05) is 0 Å². The van der Waals surface area contributed by atoms with Crippen LogP contribution in [-0.2, 0) is 20.9 Å². The summed E-state index contributed by atoms with van der Waals surface area (Å²) < 4.78 is 5.19. The summed E-state index contributed by atoms with van der Waals surface area (Å²) in [6.45, 7) is 7.87. The number of nitrogens with two attached hydrogens (primary N) is 1. The standard InChI is InChI=1S/C20H31N3O4/c1-13(2)10-16(18(21)24)22-19(25)17(11-14(3)4)23-20(26)27-12-15-8-6-5-7-9-15/h5-9,13-14,16-17H,10-12H2,1-4H3,(H2,21,24)(H,22,25)(H,23,26)/t16-,17+/m1/s1. The number of hydrogen-bond donors (Lipinski definition) is 3. The molecule has 0 heterocycles. The predicted octanol–water partition coefficient (Wildman–Crippen LogP) is 2.34. The first-order valence-electron chi connectivity index (χ1n) is 9.26. The van der Waals surface area contributed by atoms with Crippen LogP contribution in [0, 0.1) is 11.8 Å². The molecule has 1 aromatic carbocycles. The van der Waals surface area contributed by atoms with Gasteiger partial charge in [0.1, 0.15) is 18.7 Å². The molecule has 0 unspecified atom stereocenters. The van der Waals surface area contributed by atoms with Gasteiger partial charge < -0.3 is 21.1 Å². The third-order valence-electron chi connectivity index (χ3n) is 3.90. The highest BCUT2D eigenvalue weighted by atomic mass is 16.5. The van der Waals surface area contributed by atoms with Crippen molar-refractivity contribution in [3.63, 3.8) is 0 Å². The van der Waals surface area contributed by atoms with Crippen molar-refractivity contribution in [2.24, 2.45) is 17.6 Å². The van der Waals surface area contributed by atoms with E-state index in [2.05, 4.69) is 10.6 Å². The Morgan fingerprint density at radius 2 is 1.48 bits per heavy atom. The fraction of sp³-hybridized carbons (Fsp3) is 0.550. The van der Waals surface area contributed by atoms with Crippen LogP contribution in [0.2, 0.25) is 0 Å². The minimum atomic E-state index is -0.803. The maximum Gasteiger partial charge on any atom is 0.408 e. The minimum Gasteiger partial charge on any atom is -0.445 e. The van der Waals surface area contributed by atoms with E-state index in [9.17, 15) is 14.4 Å². The molecule has 3 amide bonds. The molecule has 0 saturated carbocycles. The van der Waals surface area contributed by atoms with Crippen LogP contribution in [0.4, 0.5) is 4.79 Å². The molecule has 1 rings (SSSR count). The molecule has 0 aromatic heterocycles. The second kappa shape index (κ2) is 11.2. The molecule has 0 aliphatic carbocycles. The van der Waals surface area contributed by atoms with Crippen LogP contribution in [0.15, 0.2) is 30.3 Å². The van der Waals surface area contributed by atoms with Gasteiger partial charge in [0.15, 0.2) is 0 Å². The van der Waals surface area contributed by atoms with Gasteiger partial charge in [-0.15, -0.1) is 0 Å². The largest absolute Gasteiger partial charge is 0.445 e. The number of amides is 3. The molecule has 0 saturated heterocycles. The molecule has 2 atom stereocenters. The van der Waals surface area contributed by atoms with Gasteiger partial charge in [0.05, 0.1) is 0 Å². The third-order valence-corrected chi connectivity index (χ3v) is 3.90. The minimum absolute atomic E-state index is 0.111. The first-order chi connectivity index (χ1) is 12.7. The van der Waals surface area contributed by atoms with Crippen LogP contribution in [-0.4, -0.2) is 30.0 Å². The van der Waals surface area contributed by atoms with Gasteiger partial charge >= 0.3 is 6.09 Å². The van der Waals surface area contributed by atoms with Gasteiger partial charge in [0.25, 0.3) is 0 Å². The molecule has 0 aliphatic rings.